The summed E-state index contributed by atoms with van der Waals surface area (Å²) in [5.41, 5.74) is 0.903. The molecule has 252 valence electrons. The van der Waals surface area contributed by atoms with Gasteiger partial charge in [-0.05, 0) is 5.56 Å². The van der Waals surface area contributed by atoms with Gasteiger partial charge in [-0.2, -0.15) is 8.78 Å². The molecule has 1 N–H and O–H groups in total. The fourth-order valence-electron chi connectivity index (χ4n) is 3.20. The number of amides is 1. The minimum absolute atomic E-state index is 0.0741. The summed E-state index contributed by atoms with van der Waals surface area (Å²) in [4.78, 5) is 23.2. The van der Waals surface area contributed by atoms with Crippen LogP contribution in [0, 0.1) is 29.1 Å². The molecular weight excluding hydrogens is 617 g/mol. The van der Waals surface area contributed by atoms with Crippen molar-refractivity contribution >= 4 is 12.1 Å². The van der Waals surface area contributed by atoms with E-state index >= 15 is 0 Å². The number of ether oxygens (including phenoxy) is 8. The van der Waals surface area contributed by atoms with Crippen molar-refractivity contribution in [2.75, 3.05) is 85.8 Å². The van der Waals surface area contributed by atoms with E-state index in [-0.39, 0.29) is 33.0 Å². The van der Waals surface area contributed by atoms with Gasteiger partial charge >= 0.3 is 12.1 Å². The molecule has 2 aromatic rings. The van der Waals surface area contributed by atoms with Crippen molar-refractivity contribution in [3.63, 3.8) is 0 Å². The lowest BCUT2D eigenvalue weighted by molar-refractivity contribution is -0.136. The standard InChI is InChI=1S/C29H36F5NO10/c30-23-24(31)26(33)28(27(34)25(23)32)45-22(36)6-8-38-10-12-40-14-16-42-18-19-43-17-15-41-13-11-39-9-7-35-29(37)44-20-21-4-2-1-3-5-21/h1-5H,6-20H2,(H,35,37). The summed E-state index contributed by atoms with van der Waals surface area (Å²) in [6.07, 6.45) is -1.00. The van der Waals surface area contributed by atoms with Crippen LogP contribution in [0.3, 0.4) is 0 Å². The third kappa shape index (κ3) is 15.9. The summed E-state index contributed by atoms with van der Waals surface area (Å²) in [6, 6.07) is 9.35. The highest BCUT2D eigenvalue weighted by molar-refractivity contribution is 5.72. The Bertz CT molecular complexity index is 1120. The molecule has 0 spiro atoms. The lowest BCUT2D eigenvalue weighted by atomic mass is 10.2. The number of esters is 1. The van der Waals surface area contributed by atoms with E-state index in [9.17, 15) is 31.5 Å². The molecular formula is C29H36F5NO10. The topological polar surface area (TPSA) is 120 Å². The zero-order chi connectivity index (χ0) is 32.7. The van der Waals surface area contributed by atoms with Gasteiger partial charge in [-0.1, -0.05) is 30.3 Å². The van der Waals surface area contributed by atoms with E-state index in [2.05, 4.69) is 10.1 Å². The van der Waals surface area contributed by atoms with E-state index in [1.165, 1.54) is 0 Å². The van der Waals surface area contributed by atoms with E-state index in [0.29, 0.717) is 59.4 Å². The van der Waals surface area contributed by atoms with Crippen LogP contribution >= 0.6 is 0 Å². The minimum Gasteiger partial charge on any atom is -0.445 e. The average Bonchev–Trinajstić information content (AvgIpc) is 3.05. The number of hydrogen-bond donors (Lipinski definition) is 1. The van der Waals surface area contributed by atoms with Crippen molar-refractivity contribution < 1.29 is 69.4 Å². The van der Waals surface area contributed by atoms with Gasteiger partial charge in [0.1, 0.15) is 6.61 Å². The molecule has 2 aromatic carbocycles. The van der Waals surface area contributed by atoms with Gasteiger partial charge in [-0.15, -0.1) is 0 Å². The molecule has 0 heterocycles. The SMILES string of the molecule is O=C(CCOCCOCCOCCOCCOCCOCCNC(=O)OCc1ccccc1)Oc1c(F)c(F)c(F)c(F)c1F. The quantitative estimate of drug-likeness (QED) is 0.0449. The molecule has 1 amide bonds. The number of hydrogen-bond acceptors (Lipinski definition) is 10. The van der Waals surface area contributed by atoms with Crippen molar-refractivity contribution in [3.05, 3.63) is 65.0 Å². The normalized spacial score (nSPS) is 11.0. The number of benzene rings is 2. The molecule has 16 heteroatoms. The smallest absolute Gasteiger partial charge is 0.407 e. The maximum absolute atomic E-state index is 13.5. The molecule has 11 nitrogen and oxygen atoms in total. The molecule has 0 unspecified atom stereocenters. The average molecular weight is 654 g/mol. The van der Waals surface area contributed by atoms with Crippen molar-refractivity contribution in [1.82, 2.24) is 5.32 Å². The summed E-state index contributed by atoms with van der Waals surface area (Å²) in [7, 11) is 0. The fraction of sp³-hybridized carbons (Fsp3) is 0.517. The van der Waals surface area contributed by atoms with Crippen LogP contribution in [0.5, 0.6) is 5.75 Å². The van der Waals surface area contributed by atoms with Gasteiger partial charge in [0.15, 0.2) is 0 Å². The third-order valence-corrected chi connectivity index (χ3v) is 5.42. The predicted octanol–water partition coefficient (Wildman–Crippen LogP) is 3.70. The second kappa shape index (κ2) is 23.0. The van der Waals surface area contributed by atoms with Crippen LogP contribution in [0.2, 0.25) is 0 Å². The summed E-state index contributed by atoms with van der Waals surface area (Å²) in [5.74, 6) is -14.2. The van der Waals surface area contributed by atoms with Gasteiger partial charge in [0.25, 0.3) is 0 Å². The van der Waals surface area contributed by atoms with Crippen LogP contribution in [0.4, 0.5) is 26.7 Å². The number of rotatable bonds is 24. The molecule has 0 aromatic heterocycles. The zero-order valence-electron chi connectivity index (χ0n) is 24.5. The van der Waals surface area contributed by atoms with Crippen LogP contribution < -0.4 is 10.1 Å². The highest BCUT2D eigenvalue weighted by Gasteiger charge is 2.28. The molecule has 0 aliphatic carbocycles. The first-order chi connectivity index (χ1) is 21.8. The maximum atomic E-state index is 13.5. The Morgan fingerprint density at radius 3 is 1.47 bits per heavy atom. The Labute approximate surface area is 256 Å². The van der Waals surface area contributed by atoms with Crippen LogP contribution in [0.25, 0.3) is 0 Å². The van der Waals surface area contributed by atoms with Gasteiger partial charge < -0.3 is 43.2 Å². The predicted molar refractivity (Wildman–Crippen MR) is 146 cm³/mol. The third-order valence-electron chi connectivity index (χ3n) is 5.42. The molecule has 0 aliphatic heterocycles. The van der Waals surface area contributed by atoms with Crippen LogP contribution in [-0.2, 0) is 44.6 Å². The molecule has 0 saturated carbocycles. The molecule has 2 rings (SSSR count). The van der Waals surface area contributed by atoms with E-state index in [1.54, 1.807) is 0 Å². The van der Waals surface area contributed by atoms with Gasteiger partial charge in [-0.25, -0.2) is 18.0 Å². The number of alkyl carbamates (subject to hydrolysis) is 1. The molecule has 0 bridgehead atoms. The van der Waals surface area contributed by atoms with Crippen molar-refractivity contribution in [1.29, 1.82) is 0 Å². The Hall–Kier alpha value is -3.41. The second-order valence-electron chi connectivity index (χ2n) is 8.79. The van der Waals surface area contributed by atoms with Crippen molar-refractivity contribution in [3.8, 4) is 5.75 Å². The van der Waals surface area contributed by atoms with Gasteiger partial charge in [0, 0.05) is 6.54 Å². The maximum Gasteiger partial charge on any atom is 0.407 e. The fourth-order valence-corrected chi connectivity index (χ4v) is 3.20. The Morgan fingerprint density at radius 2 is 0.978 bits per heavy atom. The first kappa shape index (κ1) is 37.8. The molecule has 0 aliphatic rings. The number of carbonyl (C=O) groups is 2. The Morgan fingerprint density at radius 1 is 0.556 bits per heavy atom. The van der Waals surface area contributed by atoms with Gasteiger partial charge in [-0.3, -0.25) is 4.79 Å². The van der Waals surface area contributed by atoms with Crippen LogP contribution in [-0.4, -0.2) is 97.9 Å². The minimum atomic E-state index is -2.35. The van der Waals surface area contributed by atoms with E-state index in [1.807, 2.05) is 30.3 Å². The van der Waals surface area contributed by atoms with E-state index in [0.717, 1.165) is 5.56 Å². The zero-order valence-corrected chi connectivity index (χ0v) is 24.5. The van der Waals surface area contributed by atoms with Gasteiger partial charge in [0.05, 0.1) is 85.7 Å². The molecule has 0 saturated heterocycles. The van der Waals surface area contributed by atoms with Crippen LogP contribution in [0.1, 0.15) is 12.0 Å². The monoisotopic (exact) mass is 653 g/mol. The first-order valence-electron chi connectivity index (χ1n) is 13.9. The van der Waals surface area contributed by atoms with Gasteiger partial charge in [0.2, 0.25) is 34.8 Å². The summed E-state index contributed by atoms with van der Waals surface area (Å²) in [6.45, 7) is 3.61. The van der Waals surface area contributed by atoms with Crippen molar-refractivity contribution in [2.45, 2.75) is 13.0 Å². The highest BCUT2D eigenvalue weighted by Crippen LogP contribution is 2.29. The Kier molecular flexibility index (Phi) is 19.3. The summed E-state index contributed by atoms with van der Waals surface area (Å²) < 4.78 is 107. The molecule has 0 radical (unpaired) electrons. The lowest BCUT2D eigenvalue weighted by Crippen LogP contribution is -2.28. The van der Waals surface area contributed by atoms with E-state index < -0.39 is 53.3 Å². The largest absolute Gasteiger partial charge is 0.445 e. The first-order valence-corrected chi connectivity index (χ1v) is 13.9. The van der Waals surface area contributed by atoms with Crippen molar-refractivity contribution in [2.24, 2.45) is 0 Å². The molecule has 45 heavy (non-hydrogen) atoms. The molecule has 0 fully saturated rings. The molecule has 0 atom stereocenters. The second-order valence-corrected chi connectivity index (χ2v) is 8.79. The number of nitrogens with one attached hydrogen (secondary N) is 1. The summed E-state index contributed by atoms with van der Waals surface area (Å²) >= 11 is 0. The Balaban J connectivity index is 1.29. The number of halogens is 5. The van der Waals surface area contributed by atoms with Crippen LogP contribution in [0.15, 0.2) is 30.3 Å². The van der Waals surface area contributed by atoms with E-state index in [4.69, 9.17) is 33.2 Å². The highest BCUT2D eigenvalue weighted by atomic mass is 19.2. The number of carbonyl (C=O) groups excluding carboxylic acids is 2. The lowest BCUT2D eigenvalue weighted by Gasteiger charge is -2.09. The summed E-state index contributed by atoms with van der Waals surface area (Å²) in [5, 5.41) is 2.60.